The smallest absolute Gasteiger partial charge is 0.344 e. The van der Waals surface area contributed by atoms with Gasteiger partial charge in [-0.05, 0) is 10.6 Å². The first-order valence-electron chi connectivity index (χ1n) is 1.52. The standard InChI is InChI=1S/C3H5O2P.H3N/c1-2-3-6(4)5;/h2H,1,3H2;1H3/p+1. The number of rotatable bonds is 2. The van der Waals surface area contributed by atoms with Gasteiger partial charge in [0.05, 0.1) is 0 Å². The van der Waals surface area contributed by atoms with Gasteiger partial charge in [0.1, 0.15) is 0 Å². The Morgan fingerprint density at radius 2 is 2.29 bits per heavy atom. The summed E-state index contributed by atoms with van der Waals surface area (Å²) in [5, 5.41) is 0. The van der Waals surface area contributed by atoms with Crippen molar-refractivity contribution in [3.63, 3.8) is 0 Å². The molecule has 42 valence electrons. The van der Waals surface area contributed by atoms with E-state index in [1.165, 1.54) is 6.08 Å². The maximum absolute atomic E-state index is 9.68. The second-order valence-electron chi connectivity index (χ2n) is 0.823. The summed E-state index contributed by atoms with van der Waals surface area (Å²) in [4.78, 5) is 7.99. The molecule has 0 heterocycles. The molecule has 1 atom stereocenters. The summed E-state index contributed by atoms with van der Waals surface area (Å²) in [5.74, 6) is 0. The lowest BCUT2D eigenvalue weighted by Gasteiger charge is -1.58. The van der Waals surface area contributed by atoms with Crippen molar-refractivity contribution in [1.29, 1.82) is 0 Å². The van der Waals surface area contributed by atoms with E-state index < -0.39 is 8.03 Å². The Kier molecular flexibility index (Phi) is 8.15. The highest BCUT2D eigenvalue weighted by molar-refractivity contribution is 7.38. The van der Waals surface area contributed by atoms with Gasteiger partial charge >= 0.3 is 8.03 Å². The lowest BCUT2D eigenvalue weighted by molar-refractivity contribution is 0.506. The van der Waals surface area contributed by atoms with Gasteiger partial charge in [0, 0.05) is 0 Å². The first-order valence-corrected chi connectivity index (χ1v) is 2.91. The fourth-order valence-electron chi connectivity index (χ4n) is 0.110. The summed E-state index contributed by atoms with van der Waals surface area (Å²) < 4.78 is 9.68. The SMILES string of the molecule is C=CC[P+](=O)O.N. The third-order valence-electron chi connectivity index (χ3n) is 0.285. The van der Waals surface area contributed by atoms with E-state index in [2.05, 4.69) is 6.58 Å². The van der Waals surface area contributed by atoms with Crippen molar-refractivity contribution in [1.82, 2.24) is 6.15 Å². The van der Waals surface area contributed by atoms with E-state index in [-0.39, 0.29) is 12.3 Å². The molecule has 4 N–H and O–H groups in total. The van der Waals surface area contributed by atoms with Crippen molar-refractivity contribution >= 4 is 8.03 Å². The van der Waals surface area contributed by atoms with Crippen molar-refractivity contribution in [3.8, 4) is 0 Å². The summed E-state index contributed by atoms with van der Waals surface area (Å²) in [7, 11) is -1.97. The summed E-state index contributed by atoms with van der Waals surface area (Å²) in [6.45, 7) is 3.26. The Hall–Kier alpha value is -0.240. The largest absolute Gasteiger partial charge is 0.509 e. The molecule has 0 aliphatic carbocycles. The molecule has 0 aliphatic heterocycles. The number of hydrogen-bond donors (Lipinski definition) is 2. The molecule has 0 fully saturated rings. The van der Waals surface area contributed by atoms with Crippen LogP contribution in [0.5, 0.6) is 0 Å². The van der Waals surface area contributed by atoms with Gasteiger partial charge in [0.25, 0.3) is 0 Å². The molecule has 0 bridgehead atoms. The van der Waals surface area contributed by atoms with Crippen LogP contribution < -0.4 is 6.15 Å². The molecule has 0 rings (SSSR count). The van der Waals surface area contributed by atoms with E-state index in [4.69, 9.17) is 4.89 Å². The van der Waals surface area contributed by atoms with Gasteiger partial charge < -0.3 is 6.15 Å². The highest BCUT2D eigenvalue weighted by Crippen LogP contribution is 2.10. The Balaban J connectivity index is 0. The van der Waals surface area contributed by atoms with Crippen molar-refractivity contribution < 1.29 is 9.46 Å². The normalized spacial score (nSPS) is 9.00. The first kappa shape index (κ1) is 9.90. The van der Waals surface area contributed by atoms with Crippen LogP contribution in [-0.4, -0.2) is 11.1 Å². The molecule has 1 unspecified atom stereocenters. The molecule has 0 spiro atoms. The first-order chi connectivity index (χ1) is 2.77. The van der Waals surface area contributed by atoms with Crippen LogP contribution in [0.25, 0.3) is 0 Å². The molecule has 7 heavy (non-hydrogen) atoms. The molecule has 3 nitrogen and oxygen atoms in total. The van der Waals surface area contributed by atoms with Gasteiger partial charge in [-0.3, -0.25) is 0 Å². The van der Waals surface area contributed by atoms with E-state index >= 15 is 0 Å². The van der Waals surface area contributed by atoms with Gasteiger partial charge in [-0.2, -0.15) is 4.89 Å². The van der Waals surface area contributed by atoms with Crippen LogP contribution in [0.15, 0.2) is 12.7 Å². The Morgan fingerprint density at radius 1 is 1.86 bits per heavy atom. The average Bonchev–Trinajstić information content (AvgIpc) is 1.35. The zero-order chi connectivity index (χ0) is 4.99. The third kappa shape index (κ3) is 10.7. The van der Waals surface area contributed by atoms with Crippen molar-refractivity contribution in [3.05, 3.63) is 12.7 Å². The van der Waals surface area contributed by atoms with Crippen LogP contribution in [0.1, 0.15) is 0 Å². The quantitative estimate of drug-likeness (QED) is 0.425. The zero-order valence-corrected chi connectivity index (χ0v) is 4.90. The molecule has 0 aromatic heterocycles. The van der Waals surface area contributed by atoms with Crippen LogP contribution in [0, 0.1) is 0 Å². The van der Waals surface area contributed by atoms with E-state index in [1.807, 2.05) is 0 Å². The maximum Gasteiger partial charge on any atom is 0.509 e. The Labute approximate surface area is 43.5 Å². The van der Waals surface area contributed by atoms with Crippen LogP contribution in [0.3, 0.4) is 0 Å². The highest BCUT2D eigenvalue weighted by Gasteiger charge is 2.01. The number of allylic oxidation sites excluding steroid dienone is 1. The minimum Gasteiger partial charge on any atom is -0.344 e. The van der Waals surface area contributed by atoms with E-state index in [0.29, 0.717) is 0 Å². The minimum atomic E-state index is -1.97. The van der Waals surface area contributed by atoms with Crippen LogP contribution in [0.2, 0.25) is 0 Å². The van der Waals surface area contributed by atoms with Crippen molar-refractivity contribution in [2.75, 3.05) is 6.16 Å². The molecular formula is C3H9NO2P+. The van der Waals surface area contributed by atoms with Gasteiger partial charge in [-0.1, -0.05) is 6.58 Å². The predicted molar refractivity (Wildman–Crippen MR) is 29.9 cm³/mol. The van der Waals surface area contributed by atoms with Gasteiger partial charge in [0.2, 0.25) is 0 Å². The zero-order valence-electron chi connectivity index (χ0n) is 4.00. The molecule has 0 aromatic carbocycles. The minimum absolute atomic E-state index is 0. The molecule has 0 saturated heterocycles. The molecule has 4 heteroatoms. The van der Waals surface area contributed by atoms with Gasteiger partial charge in [0.15, 0.2) is 6.16 Å². The maximum atomic E-state index is 9.68. The monoisotopic (exact) mass is 122 g/mol. The number of hydrogen-bond acceptors (Lipinski definition) is 2. The lowest BCUT2D eigenvalue weighted by Crippen LogP contribution is -1.61. The van der Waals surface area contributed by atoms with E-state index in [1.54, 1.807) is 0 Å². The second kappa shape index (κ2) is 5.76. The fourth-order valence-corrected chi connectivity index (χ4v) is 0.331. The molecule has 0 aliphatic rings. The predicted octanol–water partition coefficient (Wildman–Crippen LogP) is 1.07. The van der Waals surface area contributed by atoms with Crippen LogP contribution in [0.4, 0.5) is 0 Å². The fraction of sp³-hybridized carbons (Fsp3) is 0.333. The van der Waals surface area contributed by atoms with Crippen LogP contribution in [-0.2, 0) is 4.57 Å². The van der Waals surface area contributed by atoms with Gasteiger partial charge in [-0.15, -0.1) is 0 Å². The lowest BCUT2D eigenvalue weighted by atomic mass is 10.8. The topological polar surface area (TPSA) is 72.3 Å². The molecule has 0 amide bonds. The van der Waals surface area contributed by atoms with E-state index in [9.17, 15) is 4.57 Å². The average molecular weight is 122 g/mol. The summed E-state index contributed by atoms with van der Waals surface area (Å²) in [5.41, 5.74) is 0. The molecule has 0 saturated carbocycles. The Bertz CT molecular complexity index is 73.3. The summed E-state index contributed by atoms with van der Waals surface area (Å²) >= 11 is 0. The summed E-state index contributed by atoms with van der Waals surface area (Å²) in [6.07, 6.45) is 1.62. The molecule has 0 radical (unpaired) electrons. The highest BCUT2D eigenvalue weighted by atomic mass is 31.1. The van der Waals surface area contributed by atoms with E-state index in [0.717, 1.165) is 0 Å². The molecule has 0 aromatic rings. The Morgan fingerprint density at radius 3 is 2.29 bits per heavy atom. The second-order valence-corrected chi connectivity index (χ2v) is 1.89. The summed E-state index contributed by atoms with van der Waals surface area (Å²) in [6, 6.07) is 0. The van der Waals surface area contributed by atoms with Crippen molar-refractivity contribution in [2.45, 2.75) is 0 Å². The van der Waals surface area contributed by atoms with Crippen molar-refractivity contribution in [2.24, 2.45) is 0 Å². The third-order valence-corrected chi connectivity index (χ3v) is 0.856. The molecular weight excluding hydrogens is 113 g/mol. The van der Waals surface area contributed by atoms with Gasteiger partial charge in [-0.25, -0.2) is 0 Å². The van der Waals surface area contributed by atoms with Crippen LogP contribution >= 0.6 is 8.03 Å².